The largest absolute Gasteiger partial charge is 0.462 e. The van der Waals surface area contributed by atoms with Gasteiger partial charge in [-0.1, -0.05) is 18.2 Å². The van der Waals surface area contributed by atoms with Gasteiger partial charge in [-0.3, -0.25) is 4.79 Å². The lowest BCUT2D eigenvalue weighted by Crippen LogP contribution is -2.06. The normalized spacial score (nSPS) is 12.3. The monoisotopic (exact) mass is 194 g/mol. The predicted molar refractivity (Wildman–Crippen MR) is 54.7 cm³/mol. The van der Waals surface area contributed by atoms with E-state index in [4.69, 9.17) is 4.74 Å². The average Bonchev–Trinajstić information content (AvgIpc) is 2.17. The number of carbonyl (C=O) groups excluding carboxylic acids is 2. The van der Waals surface area contributed by atoms with Gasteiger partial charge < -0.3 is 4.74 Å². The third kappa shape index (κ3) is 5.09. The van der Waals surface area contributed by atoms with Crippen molar-refractivity contribution in [3.05, 3.63) is 36.0 Å². The fraction of sp³-hybridized carbons (Fsp3) is 0.273. The Hall–Kier alpha value is -1.64. The zero-order valence-electron chi connectivity index (χ0n) is 8.40. The molecule has 0 aliphatic heterocycles. The summed E-state index contributed by atoms with van der Waals surface area (Å²) in [5.74, 6) is -0.486. The Balaban J connectivity index is 4.52. The summed E-state index contributed by atoms with van der Waals surface area (Å²) in [5.41, 5.74) is 0.250. The Labute approximate surface area is 83.8 Å². The van der Waals surface area contributed by atoms with Crippen LogP contribution in [-0.4, -0.2) is 18.9 Å². The highest BCUT2D eigenvalue weighted by Gasteiger charge is 2.05. The second-order valence-electron chi connectivity index (χ2n) is 2.36. The first-order valence-electron chi connectivity index (χ1n) is 4.38. The zero-order chi connectivity index (χ0) is 10.8. The molecule has 0 heterocycles. The van der Waals surface area contributed by atoms with Crippen molar-refractivity contribution in [2.75, 3.05) is 6.61 Å². The van der Waals surface area contributed by atoms with Gasteiger partial charge in [-0.15, -0.1) is 0 Å². The van der Waals surface area contributed by atoms with Gasteiger partial charge in [0.15, 0.2) is 0 Å². The molecule has 0 atom stereocenters. The van der Waals surface area contributed by atoms with Crippen molar-refractivity contribution in [2.45, 2.75) is 13.8 Å². The van der Waals surface area contributed by atoms with Crippen LogP contribution in [0.25, 0.3) is 0 Å². The average molecular weight is 194 g/mol. The highest BCUT2D eigenvalue weighted by molar-refractivity contribution is 5.95. The number of hydrogen-bond donors (Lipinski definition) is 0. The molecule has 0 aromatic heterocycles. The molecule has 0 saturated heterocycles. The van der Waals surface area contributed by atoms with Crippen molar-refractivity contribution in [1.29, 1.82) is 0 Å². The van der Waals surface area contributed by atoms with Crippen LogP contribution >= 0.6 is 0 Å². The standard InChI is InChI=1S/C11H14O3/c1-3-5-6-7-10(8-9-12)11(13)14-4-2/h3,5-9H,4H2,1-2H3/b5-3+,7-6+,10-8+. The minimum absolute atomic E-state index is 0.250. The third-order valence-electron chi connectivity index (χ3n) is 1.34. The molecule has 76 valence electrons. The van der Waals surface area contributed by atoms with Crippen molar-refractivity contribution in [3.8, 4) is 0 Å². The first kappa shape index (κ1) is 12.4. The van der Waals surface area contributed by atoms with Crippen molar-refractivity contribution >= 4 is 12.3 Å². The lowest BCUT2D eigenvalue weighted by Gasteiger charge is -1.99. The number of esters is 1. The number of hydrogen-bond acceptors (Lipinski definition) is 3. The van der Waals surface area contributed by atoms with Gasteiger partial charge in [-0.2, -0.15) is 0 Å². The summed E-state index contributed by atoms with van der Waals surface area (Å²) in [6.07, 6.45) is 8.53. The van der Waals surface area contributed by atoms with Gasteiger partial charge in [0.05, 0.1) is 12.2 Å². The highest BCUT2D eigenvalue weighted by Crippen LogP contribution is 2.00. The smallest absolute Gasteiger partial charge is 0.338 e. The van der Waals surface area contributed by atoms with E-state index in [-0.39, 0.29) is 5.57 Å². The lowest BCUT2D eigenvalue weighted by molar-refractivity contribution is -0.138. The predicted octanol–water partition coefficient (Wildman–Crippen LogP) is 1.81. The van der Waals surface area contributed by atoms with E-state index in [0.717, 1.165) is 0 Å². The molecule has 0 fully saturated rings. The molecule has 0 aliphatic rings. The molecule has 0 saturated carbocycles. The summed E-state index contributed by atoms with van der Waals surface area (Å²) in [5, 5.41) is 0. The highest BCUT2D eigenvalue weighted by atomic mass is 16.5. The topological polar surface area (TPSA) is 43.4 Å². The number of allylic oxidation sites excluding steroid dienone is 4. The van der Waals surface area contributed by atoms with E-state index in [1.54, 1.807) is 19.1 Å². The summed E-state index contributed by atoms with van der Waals surface area (Å²) < 4.78 is 4.75. The van der Waals surface area contributed by atoms with E-state index in [0.29, 0.717) is 12.9 Å². The van der Waals surface area contributed by atoms with Crippen LogP contribution in [0.2, 0.25) is 0 Å². The summed E-state index contributed by atoms with van der Waals surface area (Å²) in [6, 6.07) is 0. The molecule has 0 unspecified atom stereocenters. The first-order chi connectivity index (χ1) is 6.76. The Bertz CT molecular complexity index is 272. The molecule has 3 nitrogen and oxygen atoms in total. The molecule has 3 heteroatoms. The van der Waals surface area contributed by atoms with Crippen LogP contribution in [0.5, 0.6) is 0 Å². The van der Waals surface area contributed by atoms with E-state index in [2.05, 4.69) is 0 Å². The van der Waals surface area contributed by atoms with Gasteiger partial charge in [0, 0.05) is 0 Å². The van der Waals surface area contributed by atoms with Crippen molar-refractivity contribution in [2.24, 2.45) is 0 Å². The van der Waals surface area contributed by atoms with Gasteiger partial charge in [-0.25, -0.2) is 4.79 Å². The summed E-state index contributed by atoms with van der Waals surface area (Å²) >= 11 is 0. The Morgan fingerprint density at radius 3 is 2.57 bits per heavy atom. The minimum atomic E-state index is -0.486. The van der Waals surface area contributed by atoms with Crippen LogP contribution in [0.15, 0.2) is 36.0 Å². The number of aldehydes is 1. The Kier molecular flexibility index (Phi) is 7.05. The maximum atomic E-state index is 11.2. The van der Waals surface area contributed by atoms with Gasteiger partial charge >= 0.3 is 5.97 Å². The molecule has 0 bridgehead atoms. The molecule has 0 N–H and O–H groups in total. The third-order valence-corrected chi connectivity index (χ3v) is 1.34. The van der Waals surface area contributed by atoms with E-state index in [9.17, 15) is 9.59 Å². The van der Waals surface area contributed by atoms with Gasteiger partial charge in [-0.05, 0) is 26.0 Å². The van der Waals surface area contributed by atoms with Crippen LogP contribution < -0.4 is 0 Å². The molecule has 14 heavy (non-hydrogen) atoms. The number of rotatable bonds is 5. The van der Waals surface area contributed by atoms with Crippen molar-refractivity contribution in [3.63, 3.8) is 0 Å². The Morgan fingerprint density at radius 1 is 1.36 bits per heavy atom. The Morgan fingerprint density at radius 2 is 2.07 bits per heavy atom. The molecule has 0 spiro atoms. The first-order valence-corrected chi connectivity index (χ1v) is 4.38. The fourth-order valence-electron chi connectivity index (χ4n) is 0.750. The second-order valence-corrected chi connectivity index (χ2v) is 2.36. The molecular weight excluding hydrogens is 180 g/mol. The van der Waals surface area contributed by atoms with E-state index in [1.807, 2.05) is 13.0 Å². The maximum Gasteiger partial charge on any atom is 0.338 e. The van der Waals surface area contributed by atoms with Crippen molar-refractivity contribution in [1.82, 2.24) is 0 Å². The molecule has 0 aromatic carbocycles. The second kappa shape index (κ2) is 7.98. The molecular formula is C11H14O3. The van der Waals surface area contributed by atoms with Gasteiger partial charge in [0.2, 0.25) is 0 Å². The van der Waals surface area contributed by atoms with E-state index >= 15 is 0 Å². The summed E-state index contributed by atoms with van der Waals surface area (Å²) in [6.45, 7) is 3.87. The van der Waals surface area contributed by atoms with Crippen LogP contribution in [0.3, 0.4) is 0 Å². The molecule has 0 aliphatic carbocycles. The van der Waals surface area contributed by atoms with Crippen LogP contribution in [0.1, 0.15) is 13.8 Å². The minimum Gasteiger partial charge on any atom is -0.462 e. The number of carbonyl (C=O) groups is 2. The maximum absolute atomic E-state index is 11.2. The van der Waals surface area contributed by atoms with E-state index in [1.165, 1.54) is 12.2 Å². The SMILES string of the molecule is C/C=C/C=C/C(=C\C=O)C(=O)OCC. The molecule has 0 amide bonds. The summed E-state index contributed by atoms with van der Waals surface area (Å²) in [4.78, 5) is 21.4. The van der Waals surface area contributed by atoms with E-state index < -0.39 is 5.97 Å². The zero-order valence-corrected chi connectivity index (χ0v) is 8.40. The number of ether oxygens (including phenoxy) is 1. The fourth-order valence-corrected chi connectivity index (χ4v) is 0.750. The van der Waals surface area contributed by atoms with Gasteiger partial charge in [0.1, 0.15) is 6.29 Å². The van der Waals surface area contributed by atoms with Gasteiger partial charge in [0.25, 0.3) is 0 Å². The molecule has 0 rings (SSSR count). The quantitative estimate of drug-likeness (QED) is 0.290. The molecule has 0 aromatic rings. The van der Waals surface area contributed by atoms with Crippen LogP contribution in [0.4, 0.5) is 0 Å². The van der Waals surface area contributed by atoms with Crippen LogP contribution in [0, 0.1) is 0 Å². The van der Waals surface area contributed by atoms with Crippen LogP contribution in [-0.2, 0) is 14.3 Å². The summed E-state index contributed by atoms with van der Waals surface area (Å²) in [7, 11) is 0. The van der Waals surface area contributed by atoms with Crippen molar-refractivity contribution < 1.29 is 14.3 Å². The lowest BCUT2D eigenvalue weighted by atomic mass is 10.2. The molecule has 0 radical (unpaired) electrons.